The van der Waals surface area contributed by atoms with Gasteiger partial charge in [0, 0.05) is 19.2 Å². The standard InChI is InChI=1S/C13H19ClN2O3S/c1-8(7-17-2)15-13(20)16-10-5-9(14)11(18-3)6-12(10)19-4/h5-6,8H,7H2,1-4H3,(H2,15,16,20). The molecule has 0 amide bonds. The van der Waals surface area contributed by atoms with E-state index in [1.807, 2.05) is 6.92 Å². The predicted octanol–water partition coefficient (Wildman–Crippen LogP) is 2.68. The zero-order chi connectivity index (χ0) is 15.1. The SMILES string of the molecule is COCC(C)NC(=S)Nc1cc(Cl)c(OC)cc1OC. The second kappa shape index (κ2) is 8.14. The van der Waals surface area contributed by atoms with E-state index < -0.39 is 0 Å². The molecule has 0 saturated carbocycles. The van der Waals surface area contributed by atoms with Gasteiger partial charge in [-0.15, -0.1) is 0 Å². The Morgan fingerprint density at radius 2 is 1.90 bits per heavy atom. The van der Waals surface area contributed by atoms with Gasteiger partial charge >= 0.3 is 0 Å². The molecular formula is C13H19ClN2O3S. The molecule has 0 radical (unpaired) electrons. The number of thiocarbonyl (C=S) groups is 1. The van der Waals surface area contributed by atoms with Gasteiger partial charge in [-0.3, -0.25) is 0 Å². The highest BCUT2D eigenvalue weighted by Gasteiger charge is 2.12. The van der Waals surface area contributed by atoms with Gasteiger partial charge in [-0.1, -0.05) is 11.6 Å². The van der Waals surface area contributed by atoms with Crippen LogP contribution in [-0.4, -0.2) is 39.1 Å². The highest BCUT2D eigenvalue weighted by molar-refractivity contribution is 7.80. The van der Waals surface area contributed by atoms with E-state index >= 15 is 0 Å². The van der Waals surface area contributed by atoms with Crippen LogP contribution in [0.5, 0.6) is 11.5 Å². The van der Waals surface area contributed by atoms with Gasteiger partial charge in [-0.2, -0.15) is 0 Å². The fourth-order valence-electron chi connectivity index (χ4n) is 1.63. The van der Waals surface area contributed by atoms with E-state index in [-0.39, 0.29) is 6.04 Å². The maximum Gasteiger partial charge on any atom is 0.171 e. The average molecular weight is 319 g/mol. The van der Waals surface area contributed by atoms with Crippen LogP contribution < -0.4 is 20.1 Å². The Morgan fingerprint density at radius 1 is 1.25 bits per heavy atom. The largest absolute Gasteiger partial charge is 0.495 e. The summed E-state index contributed by atoms with van der Waals surface area (Å²) in [6.07, 6.45) is 0. The maximum absolute atomic E-state index is 6.09. The van der Waals surface area contributed by atoms with Crippen LogP contribution in [0.1, 0.15) is 6.92 Å². The topological polar surface area (TPSA) is 51.8 Å². The zero-order valence-corrected chi connectivity index (χ0v) is 13.5. The van der Waals surface area contributed by atoms with Crippen molar-refractivity contribution in [2.24, 2.45) is 0 Å². The van der Waals surface area contributed by atoms with Gasteiger partial charge in [0.2, 0.25) is 0 Å². The fourth-order valence-corrected chi connectivity index (χ4v) is 2.18. The third-order valence-corrected chi connectivity index (χ3v) is 3.03. The van der Waals surface area contributed by atoms with Gasteiger partial charge in [0.15, 0.2) is 5.11 Å². The molecule has 1 aromatic rings. The molecule has 0 aromatic heterocycles. The second-order valence-corrected chi connectivity index (χ2v) is 4.96. The van der Waals surface area contributed by atoms with E-state index in [1.165, 1.54) is 0 Å². The molecule has 0 spiro atoms. The van der Waals surface area contributed by atoms with Crippen LogP contribution >= 0.6 is 23.8 Å². The van der Waals surface area contributed by atoms with Crippen molar-refractivity contribution in [1.29, 1.82) is 0 Å². The number of anilines is 1. The molecule has 1 unspecified atom stereocenters. The Balaban J connectivity index is 2.81. The number of halogens is 1. The van der Waals surface area contributed by atoms with Crippen LogP contribution in [0.3, 0.4) is 0 Å². The van der Waals surface area contributed by atoms with Gasteiger partial charge in [0.05, 0.1) is 31.5 Å². The molecule has 5 nitrogen and oxygen atoms in total. The predicted molar refractivity (Wildman–Crippen MR) is 85.3 cm³/mol. The smallest absolute Gasteiger partial charge is 0.171 e. The molecule has 112 valence electrons. The summed E-state index contributed by atoms with van der Waals surface area (Å²) in [5.41, 5.74) is 0.667. The summed E-state index contributed by atoms with van der Waals surface area (Å²) in [6, 6.07) is 3.50. The van der Waals surface area contributed by atoms with Gasteiger partial charge in [-0.05, 0) is 25.2 Å². The molecule has 7 heteroatoms. The van der Waals surface area contributed by atoms with Gasteiger partial charge in [-0.25, -0.2) is 0 Å². The number of hydrogen-bond donors (Lipinski definition) is 2. The highest BCUT2D eigenvalue weighted by Crippen LogP contribution is 2.35. The lowest BCUT2D eigenvalue weighted by molar-refractivity contribution is 0.179. The Hall–Kier alpha value is -1.24. The molecule has 0 aliphatic rings. The molecule has 1 aromatic carbocycles. The van der Waals surface area contributed by atoms with Crippen LogP contribution in [0.25, 0.3) is 0 Å². The van der Waals surface area contributed by atoms with Crippen LogP contribution in [0.4, 0.5) is 5.69 Å². The number of methoxy groups -OCH3 is 3. The van der Waals surface area contributed by atoms with Crippen molar-refractivity contribution in [1.82, 2.24) is 5.32 Å². The van der Waals surface area contributed by atoms with Crippen molar-refractivity contribution in [2.45, 2.75) is 13.0 Å². The lowest BCUT2D eigenvalue weighted by atomic mass is 10.2. The van der Waals surface area contributed by atoms with E-state index in [1.54, 1.807) is 33.5 Å². The summed E-state index contributed by atoms with van der Waals surface area (Å²) < 4.78 is 15.5. The third-order valence-electron chi connectivity index (χ3n) is 2.52. The summed E-state index contributed by atoms with van der Waals surface area (Å²) in [5, 5.41) is 7.08. The third kappa shape index (κ3) is 4.70. The minimum Gasteiger partial charge on any atom is -0.495 e. The van der Waals surface area contributed by atoms with Crippen LogP contribution in [0.15, 0.2) is 12.1 Å². The summed E-state index contributed by atoms with van der Waals surface area (Å²) in [6.45, 7) is 2.53. The Kier molecular flexibility index (Phi) is 6.84. The van der Waals surface area contributed by atoms with E-state index in [9.17, 15) is 0 Å². The number of nitrogens with one attached hydrogen (secondary N) is 2. The van der Waals surface area contributed by atoms with Gasteiger partial charge in [0.25, 0.3) is 0 Å². The van der Waals surface area contributed by atoms with Crippen molar-refractivity contribution >= 4 is 34.6 Å². The quantitative estimate of drug-likeness (QED) is 0.787. The van der Waals surface area contributed by atoms with E-state index in [0.29, 0.717) is 33.9 Å². The molecule has 0 aliphatic carbocycles. The molecule has 1 rings (SSSR count). The molecule has 0 aliphatic heterocycles. The molecule has 1 atom stereocenters. The lowest BCUT2D eigenvalue weighted by Crippen LogP contribution is -2.38. The van der Waals surface area contributed by atoms with Crippen LogP contribution in [0.2, 0.25) is 5.02 Å². The molecule has 2 N–H and O–H groups in total. The first-order valence-corrected chi connectivity index (χ1v) is 6.78. The molecule has 0 fully saturated rings. The summed E-state index contributed by atoms with van der Waals surface area (Å²) >= 11 is 11.3. The first-order chi connectivity index (χ1) is 9.51. The van der Waals surface area contributed by atoms with Gasteiger partial charge < -0.3 is 24.8 Å². The van der Waals surface area contributed by atoms with Crippen molar-refractivity contribution in [2.75, 3.05) is 33.3 Å². The first-order valence-electron chi connectivity index (χ1n) is 5.99. The Morgan fingerprint density at radius 3 is 2.45 bits per heavy atom. The summed E-state index contributed by atoms with van der Waals surface area (Å²) in [7, 11) is 4.76. The molecule has 0 saturated heterocycles. The average Bonchev–Trinajstić information content (AvgIpc) is 2.39. The molecule has 0 bridgehead atoms. The number of hydrogen-bond acceptors (Lipinski definition) is 4. The minimum atomic E-state index is 0.0970. The van der Waals surface area contributed by atoms with Crippen LogP contribution in [-0.2, 0) is 4.74 Å². The van der Waals surface area contributed by atoms with Crippen molar-refractivity contribution in [3.8, 4) is 11.5 Å². The first kappa shape index (κ1) is 16.8. The van der Waals surface area contributed by atoms with Crippen molar-refractivity contribution in [3.05, 3.63) is 17.2 Å². The molecule has 20 heavy (non-hydrogen) atoms. The maximum atomic E-state index is 6.09. The van der Waals surface area contributed by atoms with Crippen molar-refractivity contribution in [3.63, 3.8) is 0 Å². The van der Waals surface area contributed by atoms with E-state index in [0.717, 1.165) is 0 Å². The molecular weight excluding hydrogens is 300 g/mol. The number of ether oxygens (including phenoxy) is 3. The lowest BCUT2D eigenvalue weighted by Gasteiger charge is -2.18. The second-order valence-electron chi connectivity index (χ2n) is 4.14. The van der Waals surface area contributed by atoms with Crippen LogP contribution in [0, 0.1) is 0 Å². The number of rotatable bonds is 6. The minimum absolute atomic E-state index is 0.0970. The number of benzene rings is 1. The van der Waals surface area contributed by atoms with Gasteiger partial charge in [0.1, 0.15) is 11.5 Å². The molecule has 0 heterocycles. The Bertz CT molecular complexity index is 471. The summed E-state index contributed by atoms with van der Waals surface area (Å²) in [4.78, 5) is 0. The monoisotopic (exact) mass is 318 g/mol. The van der Waals surface area contributed by atoms with E-state index in [4.69, 9.17) is 38.0 Å². The van der Waals surface area contributed by atoms with Crippen molar-refractivity contribution < 1.29 is 14.2 Å². The Labute approximate surface area is 129 Å². The summed E-state index contributed by atoms with van der Waals surface area (Å²) in [5.74, 6) is 1.13. The van der Waals surface area contributed by atoms with E-state index in [2.05, 4.69) is 10.6 Å². The zero-order valence-electron chi connectivity index (χ0n) is 12.0. The highest BCUT2D eigenvalue weighted by atomic mass is 35.5. The fraction of sp³-hybridized carbons (Fsp3) is 0.462. The normalized spacial score (nSPS) is 11.7.